The Hall–Kier alpha value is -0.910. The van der Waals surface area contributed by atoms with Crippen LogP contribution in [0.1, 0.15) is 43.2 Å². The lowest BCUT2D eigenvalue weighted by atomic mass is 9.86. The van der Waals surface area contributed by atoms with Gasteiger partial charge in [0.2, 0.25) is 10.0 Å². The van der Waals surface area contributed by atoms with Crippen LogP contribution in [0.4, 0.5) is 0 Å². The molecule has 2 aliphatic carbocycles. The molecule has 0 aromatic heterocycles. The molecule has 0 spiro atoms. The summed E-state index contributed by atoms with van der Waals surface area (Å²) in [7, 11) is -3.39. The second-order valence-electron chi connectivity index (χ2n) is 6.40. The Kier molecular flexibility index (Phi) is 4.33. The van der Waals surface area contributed by atoms with Crippen LogP contribution in [0.3, 0.4) is 0 Å². The highest BCUT2D eigenvalue weighted by Crippen LogP contribution is 2.26. The van der Waals surface area contributed by atoms with Crippen molar-refractivity contribution in [3.63, 3.8) is 0 Å². The summed E-state index contributed by atoms with van der Waals surface area (Å²) in [6.07, 6.45) is 5.99. The van der Waals surface area contributed by atoms with E-state index in [2.05, 4.69) is 10.0 Å². The lowest BCUT2D eigenvalue weighted by molar-refractivity contribution is 0.316. The maximum atomic E-state index is 12.5. The maximum Gasteiger partial charge on any atom is 0.240 e. The Labute approximate surface area is 127 Å². The number of sulfonamides is 1. The zero-order valence-corrected chi connectivity index (χ0v) is 13.4. The minimum Gasteiger partial charge on any atom is -0.310 e. The highest BCUT2D eigenvalue weighted by molar-refractivity contribution is 7.89. The molecule has 2 aliphatic rings. The van der Waals surface area contributed by atoms with Gasteiger partial charge in [-0.2, -0.15) is 0 Å². The van der Waals surface area contributed by atoms with Gasteiger partial charge in [-0.1, -0.05) is 18.6 Å². The van der Waals surface area contributed by atoms with Crippen molar-refractivity contribution in [2.24, 2.45) is 5.92 Å². The van der Waals surface area contributed by atoms with E-state index in [1.54, 1.807) is 0 Å². The van der Waals surface area contributed by atoms with Gasteiger partial charge in [0.25, 0.3) is 0 Å². The summed E-state index contributed by atoms with van der Waals surface area (Å²) >= 11 is 0. The molecule has 3 rings (SSSR count). The monoisotopic (exact) mass is 308 g/mol. The first-order valence-corrected chi connectivity index (χ1v) is 9.35. The molecule has 21 heavy (non-hydrogen) atoms. The van der Waals surface area contributed by atoms with Crippen molar-refractivity contribution in [3.8, 4) is 0 Å². The minimum absolute atomic E-state index is 0.428. The Balaban J connectivity index is 1.69. The smallest absolute Gasteiger partial charge is 0.240 e. The van der Waals surface area contributed by atoms with Crippen LogP contribution in [0, 0.1) is 12.8 Å². The Morgan fingerprint density at radius 2 is 1.95 bits per heavy atom. The molecule has 0 unspecified atom stereocenters. The van der Waals surface area contributed by atoms with Gasteiger partial charge >= 0.3 is 0 Å². The molecule has 2 fully saturated rings. The lowest BCUT2D eigenvalue weighted by Crippen LogP contribution is -2.32. The molecule has 0 radical (unpaired) electrons. The molecule has 5 heteroatoms. The van der Waals surface area contributed by atoms with Crippen LogP contribution in [-0.2, 0) is 16.6 Å². The summed E-state index contributed by atoms with van der Waals surface area (Å²) in [6, 6.07) is 6.36. The van der Waals surface area contributed by atoms with Crippen molar-refractivity contribution in [1.29, 1.82) is 0 Å². The third-order valence-electron chi connectivity index (χ3n) is 4.50. The van der Waals surface area contributed by atoms with Crippen LogP contribution >= 0.6 is 0 Å². The molecule has 0 heterocycles. The average molecular weight is 308 g/mol. The molecule has 1 aromatic rings. The van der Waals surface area contributed by atoms with Crippen LogP contribution in [0.15, 0.2) is 23.1 Å². The predicted octanol–water partition coefficient (Wildman–Crippen LogP) is 2.33. The van der Waals surface area contributed by atoms with Crippen LogP contribution < -0.4 is 10.0 Å². The van der Waals surface area contributed by atoms with Crippen LogP contribution in [0.5, 0.6) is 0 Å². The van der Waals surface area contributed by atoms with Gasteiger partial charge in [-0.05, 0) is 55.7 Å². The molecule has 4 nitrogen and oxygen atoms in total. The molecular formula is C16H24N2O2S. The van der Waals surface area contributed by atoms with E-state index in [-0.39, 0.29) is 0 Å². The van der Waals surface area contributed by atoms with E-state index in [9.17, 15) is 8.42 Å². The summed E-state index contributed by atoms with van der Waals surface area (Å²) in [5.74, 6) is 0.528. The van der Waals surface area contributed by atoms with Crippen LogP contribution in [0.25, 0.3) is 0 Å². The molecule has 116 valence electrons. The Bertz CT molecular complexity index is 605. The van der Waals surface area contributed by atoms with Gasteiger partial charge in [-0.3, -0.25) is 0 Å². The fourth-order valence-electron chi connectivity index (χ4n) is 2.60. The van der Waals surface area contributed by atoms with E-state index in [1.807, 2.05) is 25.1 Å². The third-order valence-corrected chi connectivity index (χ3v) is 6.07. The molecule has 0 aliphatic heterocycles. The second kappa shape index (κ2) is 6.07. The second-order valence-corrected chi connectivity index (χ2v) is 8.14. The van der Waals surface area contributed by atoms with Crippen LogP contribution in [0.2, 0.25) is 0 Å². The molecular weight excluding hydrogens is 284 g/mol. The number of hydrogen-bond donors (Lipinski definition) is 2. The largest absolute Gasteiger partial charge is 0.310 e. The van der Waals surface area contributed by atoms with Crippen LogP contribution in [-0.4, -0.2) is 21.0 Å². The summed E-state index contributed by atoms with van der Waals surface area (Å²) in [4.78, 5) is 0.428. The number of nitrogens with one attached hydrogen (secondary N) is 2. The van der Waals surface area contributed by atoms with E-state index in [0.717, 1.165) is 30.5 Å². The van der Waals surface area contributed by atoms with Gasteiger partial charge in [0, 0.05) is 19.1 Å². The van der Waals surface area contributed by atoms with Gasteiger partial charge in [0.1, 0.15) is 0 Å². The summed E-state index contributed by atoms with van der Waals surface area (Å²) < 4.78 is 27.7. The van der Waals surface area contributed by atoms with E-state index < -0.39 is 10.0 Å². The van der Waals surface area contributed by atoms with Crippen molar-refractivity contribution in [1.82, 2.24) is 10.0 Å². The highest BCUT2D eigenvalue weighted by Gasteiger charge is 2.23. The van der Waals surface area contributed by atoms with Crippen molar-refractivity contribution in [2.45, 2.75) is 56.5 Å². The number of rotatable bonds is 7. The van der Waals surface area contributed by atoms with E-state index in [4.69, 9.17) is 0 Å². The number of aryl methyl sites for hydroxylation is 1. The van der Waals surface area contributed by atoms with E-state index in [1.165, 1.54) is 19.3 Å². The van der Waals surface area contributed by atoms with Crippen molar-refractivity contribution >= 4 is 10.0 Å². The topological polar surface area (TPSA) is 58.2 Å². The summed E-state index contributed by atoms with van der Waals surface area (Å²) in [5.41, 5.74) is 1.85. The fourth-order valence-corrected chi connectivity index (χ4v) is 4.00. The van der Waals surface area contributed by atoms with Gasteiger partial charge in [-0.15, -0.1) is 0 Å². The number of benzene rings is 1. The predicted molar refractivity (Wildman–Crippen MR) is 83.6 cm³/mol. The zero-order chi connectivity index (χ0) is 14.9. The quantitative estimate of drug-likeness (QED) is 0.813. The Morgan fingerprint density at radius 3 is 2.57 bits per heavy atom. The normalized spacial score (nSPS) is 19.5. The van der Waals surface area contributed by atoms with Crippen molar-refractivity contribution in [3.05, 3.63) is 29.3 Å². The lowest BCUT2D eigenvalue weighted by Gasteiger charge is -2.25. The first-order valence-electron chi connectivity index (χ1n) is 7.87. The highest BCUT2D eigenvalue weighted by atomic mass is 32.2. The van der Waals surface area contributed by atoms with Gasteiger partial charge in [0.15, 0.2) is 0 Å². The summed E-state index contributed by atoms with van der Waals surface area (Å²) in [6.45, 7) is 3.18. The molecule has 2 saturated carbocycles. The van der Waals surface area contributed by atoms with Crippen molar-refractivity contribution < 1.29 is 8.42 Å². The van der Waals surface area contributed by atoms with Gasteiger partial charge in [-0.25, -0.2) is 13.1 Å². The average Bonchev–Trinajstić information content (AvgIpc) is 3.19. The van der Waals surface area contributed by atoms with E-state index in [0.29, 0.717) is 23.4 Å². The first kappa shape index (κ1) is 15.0. The SMILES string of the molecule is Cc1ccc(CNC2CC2)cc1S(=O)(=O)NCC1CCC1. The minimum atomic E-state index is -3.39. The zero-order valence-electron chi connectivity index (χ0n) is 12.6. The standard InChI is InChI=1S/C16H24N2O2S/c1-12-5-6-14(10-17-15-7-8-15)9-16(12)21(19,20)18-11-13-3-2-4-13/h5-6,9,13,15,17-18H,2-4,7-8,10-11H2,1H3. The fraction of sp³-hybridized carbons (Fsp3) is 0.625. The Morgan fingerprint density at radius 1 is 1.19 bits per heavy atom. The van der Waals surface area contributed by atoms with E-state index >= 15 is 0 Å². The third kappa shape index (κ3) is 3.84. The molecule has 0 atom stereocenters. The molecule has 0 amide bonds. The van der Waals surface area contributed by atoms with Gasteiger partial charge in [0.05, 0.1) is 4.90 Å². The summed E-state index contributed by atoms with van der Waals surface area (Å²) in [5, 5.41) is 3.42. The molecule has 2 N–H and O–H groups in total. The first-order chi connectivity index (χ1) is 10.0. The molecule has 1 aromatic carbocycles. The molecule has 0 saturated heterocycles. The number of hydrogen-bond acceptors (Lipinski definition) is 3. The van der Waals surface area contributed by atoms with Gasteiger partial charge < -0.3 is 5.32 Å². The molecule has 0 bridgehead atoms. The maximum absolute atomic E-state index is 12.5. The van der Waals surface area contributed by atoms with Crippen molar-refractivity contribution in [2.75, 3.05) is 6.54 Å².